The van der Waals surface area contributed by atoms with E-state index in [1.165, 1.54) is 6.92 Å². The van der Waals surface area contributed by atoms with Crippen molar-refractivity contribution in [1.29, 1.82) is 0 Å². The van der Waals surface area contributed by atoms with Crippen LogP contribution >= 0.6 is 11.8 Å². The van der Waals surface area contributed by atoms with E-state index < -0.39 is 60.5 Å². The maximum absolute atomic E-state index is 13.4. The van der Waals surface area contributed by atoms with Crippen LogP contribution in [0, 0.1) is 0 Å². The van der Waals surface area contributed by atoms with Crippen molar-refractivity contribution in [3.8, 4) is 0 Å². The van der Waals surface area contributed by atoms with Crippen LogP contribution in [0.3, 0.4) is 0 Å². The molecule has 6 aromatic carbocycles. The maximum Gasteiger partial charge on any atom is 0.217 e. The summed E-state index contributed by atoms with van der Waals surface area (Å²) in [6.07, 6.45) is -4.77. The molecule has 10 atom stereocenters. The van der Waals surface area contributed by atoms with Crippen molar-refractivity contribution in [2.45, 2.75) is 105 Å². The highest BCUT2D eigenvalue weighted by molar-refractivity contribution is 7.99. The summed E-state index contributed by atoms with van der Waals surface area (Å²) in [5, 5.41) is 3.16. The van der Waals surface area contributed by atoms with Gasteiger partial charge in [-0.15, -0.1) is 6.58 Å². The third-order valence-corrected chi connectivity index (χ3v) is 13.1. The molecule has 0 saturated carbocycles. The van der Waals surface area contributed by atoms with Crippen molar-refractivity contribution >= 4 is 17.7 Å². The summed E-state index contributed by atoms with van der Waals surface area (Å²) in [6, 6.07) is 59.1. The molecule has 12 heteroatoms. The first kappa shape index (κ1) is 50.9. The first-order valence-corrected chi connectivity index (χ1v) is 24.8. The number of rotatable bonds is 25. The highest BCUT2D eigenvalue weighted by atomic mass is 32.2. The molecule has 2 aliphatic rings. The average Bonchev–Trinajstić information content (AvgIpc) is 3.40. The normalized spacial score (nSPS) is 24.4. The second-order valence-electron chi connectivity index (χ2n) is 17.2. The average molecular weight is 966 g/mol. The van der Waals surface area contributed by atoms with Crippen LogP contribution in [-0.2, 0) is 80.5 Å². The molecule has 6 aromatic rings. The van der Waals surface area contributed by atoms with Crippen LogP contribution in [0.5, 0.6) is 0 Å². The molecular formula is C58H63NO10S. The highest BCUT2D eigenvalue weighted by Crippen LogP contribution is 2.40. The van der Waals surface area contributed by atoms with E-state index in [4.69, 9.17) is 42.6 Å². The van der Waals surface area contributed by atoms with Gasteiger partial charge in [0.15, 0.2) is 6.29 Å². The van der Waals surface area contributed by atoms with Crippen molar-refractivity contribution in [2.24, 2.45) is 0 Å². The molecule has 0 radical (unpaired) electrons. The highest BCUT2D eigenvalue weighted by Gasteiger charge is 2.54. The zero-order valence-corrected chi connectivity index (χ0v) is 40.3. The van der Waals surface area contributed by atoms with E-state index in [9.17, 15) is 4.79 Å². The Hall–Kier alpha value is -5.48. The van der Waals surface area contributed by atoms with Gasteiger partial charge in [0.1, 0.15) is 54.2 Å². The molecule has 1 N–H and O–H groups in total. The molecule has 2 heterocycles. The zero-order chi connectivity index (χ0) is 48.2. The lowest BCUT2D eigenvalue weighted by Gasteiger charge is -2.50. The van der Waals surface area contributed by atoms with Gasteiger partial charge in [-0.25, -0.2) is 0 Å². The minimum absolute atomic E-state index is 0.117. The molecule has 8 rings (SSSR count). The van der Waals surface area contributed by atoms with E-state index in [0.717, 1.165) is 32.7 Å². The van der Waals surface area contributed by atoms with Crippen LogP contribution in [0.25, 0.3) is 0 Å². The third-order valence-electron chi connectivity index (χ3n) is 11.9. The van der Waals surface area contributed by atoms with Gasteiger partial charge >= 0.3 is 0 Å². The lowest BCUT2D eigenvalue weighted by atomic mass is 9.94. The first-order chi connectivity index (χ1) is 34.5. The zero-order valence-electron chi connectivity index (χ0n) is 39.5. The van der Waals surface area contributed by atoms with Gasteiger partial charge in [0.2, 0.25) is 5.91 Å². The predicted octanol–water partition coefficient (Wildman–Crippen LogP) is 9.88. The van der Waals surface area contributed by atoms with Crippen LogP contribution in [0.15, 0.2) is 200 Å². The minimum Gasteiger partial charge on any atom is -0.374 e. The molecular weight excluding hydrogens is 903 g/mol. The minimum atomic E-state index is -1.14. The van der Waals surface area contributed by atoms with Gasteiger partial charge < -0.3 is 47.9 Å². The molecule has 2 saturated heterocycles. The number of hydrogen-bond donors (Lipinski definition) is 1. The van der Waals surface area contributed by atoms with Crippen molar-refractivity contribution < 1.29 is 47.4 Å². The molecule has 11 nitrogen and oxygen atoms in total. The van der Waals surface area contributed by atoms with Gasteiger partial charge in [0.25, 0.3) is 0 Å². The van der Waals surface area contributed by atoms with E-state index in [1.807, 2.05) is 170 Å². The molecule has 2 aliphatic heterocycles. The van der Waals surface area contributed by atoms with Crippen molar-refractivity contribution in [1.82, 2.24) is 5.32 Å². The number of nitrogens with one attached hydrogen (secondary N) is 1. The number of amides is 1. The van der Waals surface area contributed by atoms with Gasteiger partial charge in [0.05, 0.1) is 52.9 Å². The van der Waals surface area contributed by atoms with E-state index in [0.29, 0.717) is 13.2 Å². The molecule has 0 spiro atoms. The molecule has 0 bridgehead atoms. The van der Waals surface area contributed by atoms with Gasteiger partial charge in [-0.1, -0.05) is 188 Å². The Morgan fingerprint density at radius 1 is 0.514 bits per heavy atom. The van der Waals surface area contributed by atoms with Crippen LogP contribution < -0.4 is 5.32 Å². The SMILES string of the molecule is C=CCO[C@H]1[C@H](OCc2ccccc2)[C@H](NC(C)=O)[C@H](O[C@H]2[C@H](OCc3ccccc3)[C@H](OCc3ccccc3)[C@H](Sc3ccccc3)O[C@@H]2COCc2ccccc2)O[C@@H]1COCc1ccccc1. The lowest BCUT2D eigenvalue weighted by Crippen LogP contribution is -2.68. The van der Waals surface area contributed by atoms with Gasteiger partial charge in [0, 0.05) is 11.8 Å². The fourth-order valence-electron chi connectivity index (χ4n) is 8.58. The van der Waals surface area contributed by atoms with Crippen molar-refractivity contribution in [2.75, 3.05) is 19.8 Å². The summed E-state index contributed by atoms with van der Waals surface area (Å²) in [6.45, 7) is 7.25. The number of ether oxygens (including phenoxy) is 9. The van der Waals surface area contributed by atoms with E-state index in [2.05, 4.69) is 24.0 Å². The maximum atomic E-state index is 13.4. The summed E-state index contributed by atoms with van der Waals surface area (Å²) >= 11 is 1.56. The van der Waals surface area contributed by atoms with Crippen LogP contribution in [0.4, 0.5) is 0 Å². The van der Waals surface area contributed by atoms with Crippen LogP contribution in [0.2, 0.25) is 0 Å². The van der Waals surface area contributed by atoms with Gasteiger partial charge in [-0.05, 0) is 39.9 Å². The molecule has 366 valence electrons. The smallest absolute Gasteiger partial charge is 0.217 e. The summed E-state index contributed by atoms with van der Waals surface area (Å²) in [5.41, 5.74) is 4.34. The summed E-state index contributed by atoms with van der Waals surface area (Å²) in [4.78, 5) is 14.4. The molecule has 0 aliphatic carbocycles. The topological polar surface area (TPSA) is 112 Å². The Morgan fingerprint density at radius 3 is 1.39 bits per heavy atom. The third kappa shape index (κ3) is 15.0. The summed E-state index contributed by atoms with van der Waals surface area (Å²) in [5.74, 6) is -0.306. The van der Waals surface area contributed by atoms with E-state index in [-0.39, 0.29) is 45.5 Å². The standard InChI is InChI=1S/C58H63NO10S/c1-3-34-63-52-49(40-61-35-43-22-10-4-11-23-43)67-57(51(59-42(2)60)54(52)64-37-45-26-14-6-15-27-45)69-53-50(41-62-36-44-24-12-5-13-25-44)68-58(70-48-32-20-9-21-33-48)56(66-39-47-30-18-8-19-31-47)55(53)65-38-46-28-16-7-17-29-46/h3-33,49-58H,1,34-41H2,2H3,(H,59,60)/t49-,50-,51+,52-,53-,54-,55+,56+,57+,58+/m1/s1. The number of carbonyl (C=O) groups is 1. The van der Waals surface area contributed by atoms with Crippen molar-refractivity contribution in [3.63, 3.8) is 0 Å². The Kier molecular flexibility index (Phi) is 19.8. The van der Waals surface area contributed by atoms with Gasteiger partial charge in [-0.2, -0.15) is 0 Å². The monoisotopic (exact) mass is 965 g/mol. The number of hydrogen-bond acceptors (Lipinski definition) is 11. The van der Waals surface area contributed by atoms with Crippen LogP contribution in [0.1, 0.15) is 34.7 Å². The van der Waals surface area contributed by atoms with Gasteiger partial charge in [-0.3, -0.25) is 4.79 Å². The Balaban J connectivity index is 1.19. The number of thioether (sulfide) groups is 1. The van der Waals surface area contributed by atoms with E-state index in [1.54, 1.807) is 17.8 Å². The Bertz CT molecular complexity index is 2410. The van der Waals surface area contributed by atoms with E-state index >= 15 is 0 Å². The lowest BCUT2D eigenvalue weighted by molar-refractivity contribution is -0.333. The predicted molar refractivity (Wildman–Crippen MR) is 269 cm³/mol. The summed E-state index contributed by atoms with van der Waals surface area (Å²) < 4.78 is 62.1. The Morgan fingerprint density at radius 2 is 0.929 bits per heavy atom. The fourth-order valence-corrected chi connectivity index (χ4v) is 9.73. The second kappa shape index (κ2) is 27.2. The molecule has 2 fully saturated rings. The second-order valence-corrected chi connectivity index (χ2v) is 18.4. The molecule has 1 amide bonds. The fraction of sp³-hybridized carbons (Fsp3) is 0.328. The Labute approximate surface area is 416 Å². The molecule has 70 heavy (non-hydrogen) atoms. The van der Waals surface area contributed by atoms with Crippen LogP contribution in [-0.4, -0.2) is 86.2 Å². The van der Waals surface area contributed by atoms with Crippen molar-refractivity contribution in [3.05, 3.63) is 222 Å². The quantitative estimate of drug-likeness (QED) is 0.0554. The molecule has 0 unspecified atom stereocenters. The first-order valence-electron chi connectivity index (χ1n) is 23.9. The largest absolute Gasteiger partial charge is 0.374 e. The summed E-state index contributed by atoms with van der Waals surface area (Å²) in [7, 11) is 0. The number of carbonyl (C=O) groups excluding carboxylic acids is 1. The molecule has 0 aromatic heterocycles. The number of benzene rings is 6.